The van der Waals surface area contributed by atoms with E-state index < -0.39 is 23.8 Å². The van der Waals surface area contributed by atoms with Gasteiger partial charge in [0.1, 0.15) is 18.3 Å². The normalized spacial score (nSPS) is 15.0. The van der Waals surface area contributed by atoms with Gasteiger partial charge in [-0.1, -0.05) is 26.0 Å². The number of aromatic nitrogens is 3. The number of carbonyl (C=O) groups excluding carboxylic acids is 1. The van der Waals surface area contributed by atoms with Crippen molar-refractivity contribution in [3.8, 4) is 0 Å². The molecule has 0 aliphatic carbocycles. The van der Waals surface area contributed by atoms with Crippen molar-refractivity contribution in [1.82, 2.24) is 14.6 Å². The topological polar surface area (TPSA) is 121 Å². The quantitative estimate of drug-likeness (QED) is 0.427. The molecular formula is C25H33F3N6O3S. The van der Waals surface area contributed by atoms with Gasteiger partial charge in [0.2, 0.25) is 0 Å². The smallest absolute Gasteiger partial charge is 0.416 e. The molecule has 0 amide bonds. The number of hydrogen-bond donors (Lipinski definition) is 2. The first-order valence-corrected chi connectivity index (χ1v) is 12.0. The van der Waals surface area contributed by atoms with Gasteiger partial charge in [0, 0.05) is 25.6 Å². The minimum Gasteiger partial charge on any atom is -0.458 e. The largest absolute Gasteiger partial charge is 0.458 e. The molecule has 1 aliphatic rings. The Hall–Kier alpha value is -3.03. The molecule has 38 heavy (non-hydrogen) atoms. The molecule has 0 spiro atoms. The summed E-state index contributed by atoms with van der Waals surface area (Å²) in [6, 6.07) is 4.94. The third-order valence-corrected chi connectivity index (χ3v) is 6.56. The Morgan fingerprint density at radius 2 is 1.92 bits per heavy atom. The van der Waals surface area contributed by atoms with E-state index in [1.54, 1.807) is 26.0 Å². The summed E-state index contributed by atoms with van der Waals surface area (Å²) < 4.78 is 53.1. The number of hydrogen-bond acceptors (Lipinski definition) is 8. The summed E-state index contributed by atoms with van der Waals surface area (Å²) in [6.45, 7) is 7.13. The van der Waals surface area contributed by atoms with Gasteiger partial charge in [-0.15, -0.1) is 5.10 Å². The maximum Gasteiger partial charge on any atom is 0.416 e. The van der Waals surface area contributed by atoms with Gasteiger partial charge in [0.15, 0.2) is 11.5 Å². The molecule has 1 fully saturated rings. The Kier molecular flexibility index (Phi) is 9.16. The highest BCUT2D eigenvalue weighted by molar-refractivity contribution is 7.59. The van der Waals surface area contributed by atoms with Crippen molar-refractivity contribution in [2.45, 2.75) is 46.0 Å². The highest BCUT2D eigenvalue weighted by Gasteiger charge is 2.33. The molecule has 9 nitrogen and oxygen atoms in total. The van der Waals surface area contributed by atoms with Crippen molar-refractivity contribution < 1.29 is 27.4 Å². The third-order valence-electron chi connectivity index (χ3n) is 6.56. The van der Waals surface area contributed by atoms with E-state index >= 15 is 0 Å². The summed E-state index contributed by atoms with van der Waals surface area (Å²) in [5.74, 6) is -0.129. The second-order valence-corrected chi connectivity index (χ2v) is 9.44. The molecule has 1 unspecified atom stereocenters. The van der Waals surface area contributed by atoms with Crippen molar-refractivity contribution in [3.63, 3.8) is 0 Å². The van der Waals surface area contributed by atoms with Gasteiger partial charge in [-0.05, 0) is 30.0 Å². The van der Waals surface area contributed by atoms with Gasteiger partial charge in [-0.2, -0.15) is 26.7 Å². The first kappa shape index (κ1) is 29.5. The molecular weight excluding hydrogens is 521 g/mol. The van der Waals surface area contributed by atoms with E-state index in [1.807, 2.05) is 4.90 Å². The number of fused-ring (bicyclic) bond motifs is 1. The predicted octanol–water partition coefficient (Wildman–Crippen LogP) is 3.21. The monoisotopic (exact) mass is 554 g/mol. The number of nitrogens with two attached hydrogens (primary N) is 2. The molecule has 3 aromatic rings. The maximum absolute atomic E-state index is 13.6. The van der Waals surface area contributed by atoms with Gasteiger partial charge >= 0.3 is 12.1 Å². The molecule has 2 aromatic heterocycles. The molecule has 4 N–H and O–H groups in total. The number of esters is 1. The first-order chi connectivity index (χ1) is 17.5. The van der Waals surface area contributed by atoms with Crippen LogP contribution in [-0.2, 0) is 33.5 Å². The molecule has 208 valence electrons. The van der Waals surface area contributed by atoms with Gasteiger partial charge < -0.3 is 25.8 Å². The van der Waals surface area contributed by atoms with Crippen LogP contribution in [0.4, 0.5) is 24.7 Å². The lowest BCUT2D eigenvalue weighted by molar-refractivity contribution is -0.147. The van der Waals surface area contributed by atoms with E-state index in [0.717, 1.165) is 6.07 Å². The average Bonchev–Trinajstić information content (AvgIpc) is 3.20. The van der Waals surface area contributed by atoms with Crippen molar-refractivity contribution in [3.05, 3.63) is 52.3 Å². The summed E-state index contributed by atoms with van der Waals surface area (Å²) in [5.41, 5.74) is 13.6. The van der Waals surface area contributed by atoms with Crippen molar-refractivity contribution >= 4 is 36.6 Å². The molecule has 1 atom stereocenters. The maximum atomic E-state index is 13.6. The summed E-state index contributed by atoms with van der Waals surface area (Å²) in [6.07, 6.45) is -4.42. The summed E-state index contributed by atoms with van der Waals surface area (Å²) >= 11 is 0. The Bertz CT molecular complexity index is 1290. The second kappa shape index (κ2) is 11.8. The molecule has 1 aromatic carbocycles. The fourth-order valence-corrected chi connectivity index (χ4v) is 4.23. The Morgan fingerprint density at radius 1 is 1.24 bits per heavy atom. The SMILES string of the molecule is Cc1c(Cc2c(COC(=O)C(N)C(C)C)nc3c(N)cc(N4CCOCC4)nn23)cccc1C(F)(F)F.S. The van der Waals surface area contributed by atoms with E-state index in [2.05, 4.69) is 4.98 Å². The number of nitrogens with zero attached hydrogens (tertiary/aromatic N) is 4. The number of benzene rings is 1. The van der Waals surface area contributed by atoms with Gasteiger partial charge in [-0.25, -0.2) is 9.50 Å². The van der Waals surface area contributed by atoms with E-state index in [9.17, 15) is 18.0 Å². The van der Waals surface area contributed by atoms with Crippen LogP contribution in [0.5, 0.6) is 0 Å². The number of morpholine rings is 1. The van der Waals surface area contributed by atoms with Gasteiger partial charge in [0.25, 0.3) is 0 Å². The van der Waals surface area contributed by atoms with E-state index in [1.165, 1.54) is 17.5 Å². The number of imidazole rings is 1. The summed E-state index contributed by atoms with van der Waals surface area (Å²) in [4.78, 5) is 19.0. The van der Waals surface area contributed by atoms with Crippen molar-refractivity contribution in [2.24, 2.45) is 11.7 Å². The lowest BCUT2D eigenvalue weighted by atomic mass is 9.98. The van der Waals surface area contributed by atoms with Crippen molar-refractivity contribution in [1.29, 1.82) is 0 Å². The molecule has 13 heteroatoms. The number of anilines is 2. The van der Waals surface area contributed by atoms with Gasteiger partial charge in [0.05, 0.1) is 30.2 Å². The Labute approximate surface area is 225 Å². The fourth-order valence-electron chi connectivity index (χ4n) is 4.23. The van der Waals surface area contributed by atoms with E-state index in [0.29, 0.717) is 60.4 Å². The Morgan fingerprint density at radius 3 is 2.55 bits per heavy atom. The minimum atomic E-state index is -4.49. The average molecular weight is 555 g/mol. The highest BCUT2D eigenvalue weighted by Crippen LogP contribution is 2.34. The first-order valence-electron chi connectivity index (χ1n) is 12.0. The number of alkyl halides is 3. The highest BCUT2D eigenvalue weighted by atomic mass is 32.1. The fraction of sp³-hybridized carbons (Fsp3) is 0.480. The zero-order valence-electron chi connectivity index (χ0n) is 21.5. The van der Waals surface area contributed by atoms with Crippen LogP contribution in [0.3, 0.4) is 0 Å². The number of rotatable bonds is 7. The van der Waals surface area contributed by atoms with Crippen LogP contribution in [0.1, 0.15) is 41.9 Å². The molecule has 4 rings (SSSR count). The lowest BCUT2D eigenvalue weighted by Gasteiger charge is -2.27. The number of ether oxygens (including phenoxy) is 2. The summed E-state index contributed by atoms with van der Waals surface area (Å²) in [5, 5.41) is 4.72. The second-order valence-electron chi connectivity index (χ2n) is 9.44. The van der Waals surface area contributed by atoms with Crippen LogP contribution in [0.15, 0.2) is 24.3 Å². The molecule has 1 saturated heterocycles. The van der Waals surface area contributed by atoms with Crippen molar-refractivity contribution in [2.75, 3.05) is 36.9 Å². The Balaban J connectivity index is 0.00000400. The number of halogens is 3. The lowest BCUT2D eigenvalue weighted by Crippen LogP contribution is -2.37. The van der Waals surface area contributed by atoms with E-state index in [4.69, 9.17) is 26.0 Å². The van der Waals surface area contributed by atoms with Crippen LogP contribution < -0.4 is 16.4 Å². The zero-order chi connectivity index (χ0) is 26.9. The molecule has 0 saturated carbocycles. The van der Waals surface area contributed by atoms with Crippen LogP contribution in [-0.4, -0.2) is 52.9 Å². The van der Waals surface area contributed by atoms with Crippen LogP contribution in [0, 0.1) is 12.8 Å². The molecule has 0 radical (unpaired) electrons. The molecule has 0 bridgehead atoms. The molecule has 1 aliphatic heterocycles. The standard InChI is InChI=1S/C25H31F3N6O3.H2S/c1-14(2)22(30)24(35)37-13-19-20(11-16-5-4-6-17(15(16)3)25(26,27)28)34-23(31-19)18(29)12-21(32-34)33-7-9-36-10-8-33;/h4-6,12,14,22H,7-11,13,29-30H2,1-3H3;1H2. The minimum absolute atomic E-state index is 0. The third kappa shape index (κ3) is 6.16. The van der Waals surface area contributed by atoms with E-state index in [-0.39, 0.29) is 38.0 Å². The number of nitrogen functional groups attached to an aromatic ring is 1. The zero-order valence-corrected chi connectivity index (χ0v) is 22.5. The molecule has 3 heterocycles. The van der Waals surface area contributed by atoms with Crippen LogP contribution in [0.25, 0.3) is 5.65 Å². The predicted molar refractivity (Wildman–Crippen MR) is 142 cm³/mol. The van der Waals surface area contributed by atoms with Gasteiger partial charge in [-0.3, -0.25) is 4.79 Å². The van der Waals surface area contributed by atoms with Crippen LogP contribution in [0.2, 0.25) is 0 Å². The number of carbonyl (C=O) groups is 1. The summed E-state index contributed by atoms with van der Waals surface area (Å²) in [7, 11) is 0. The van der Waals surface area contributed by atoms with Crippen LogP contribution >= 0.6 is 13.5 Å².